The average Bonchev–Trinajstić information content (AvgIpc) is 2.85. The molecular formula is C29H30N2O2. The number of nitrogens with two attached hydrogens (primary N) is 2. The van der Waals surface area contributed by atoms with Gasteiger partial charge in [0.25, 0.3) is 0 Å². The molecule has 0 bridgehead atoms. The van der Waals surface area contributed by atoms with Gasteiger partial charge in [-0.1, -0.05) is 67.6 Å². The maximum atomic E-state index is 6.61. The molecule has 0 aliphatic carbocycles. The quantitative estimate of drug-likeness (QED) is 0.281. The molecule has 2 unspecified atom stereocenters. The molecule has 168 valence electrons. The van der Waals surface area contributed by atoms with Gasteiger partial charge in [-0.25, -0.2) is 0 Å². The molecule has 4 nitrogen and oxygen atoms in total. The van der Waals surface area contributed by atoms with Crippen LogP contribution in [0.2, 0.25) is 0 Å². The van der Waals surface area contributed by atoms with Gasteiger partial charge >= 0.3 is 0 Å². The van der Waals surface area contributed by atoms with Gasteiger partial charge in [0.1, 0.15) is 23.7 Å². The molecule has 0 radical (unpaired) electrons. The molecule has 4 N–H and O–H groups in total. The van der Waals surface area contributed by atoms with Crippen molar-refractivity contribution in [2.24, 2.45) is 5.92 Å². The molecule has 4 rings (SSSR count). The first-order chi connectivity index (χ1) is 16.1. The van der Waals surface area contributed by atoms with E-state index in [4.69, 9.17) is 20.9 Å². The smallest absolute Gasteiger partial charge is 0.130 e. The molecular weight excluding hydrogens is 408 g/mol. The molecule has 0 saturated carbocycles. The van der Waals surface area contributed by atoms with E-state index >= 15 is 0 Å². The Morgan fingerprint density at radius 3 is 1.24 bits per heavy atom. The van der Waals surface area contributed by atoms with Crippen LogP contribution in [0, 0.1) is 5.92 Å². The van der Waals surface area contributed by atoms with Crippen LogP contribution < -0.4 is 20.9 Å². The number of benzene rings is 4. The molecule has 0 heterocycles. The highest BCUT2D eigenvalue weighted by molar-refractivity contribution is 5.42. The minimum Gasteiger partial charge on any atom is -0.485 e. The second-order valence-electron chi connectivity index (χ2n) is 8.11. The highest BCUT2D eigenvalue weighted by Gasteiger charge is 2.34. The van der Waals surface area contributed by atoms with Crippen LogP contribution in [0.25, 0.3) is 0 Å². The summed E-state index contributed by atoms with van der Waals surface area (Å²) in [6.45, 7) is 2.17. The summed E-state index contributed by atoms with van der Waals surface area (Å²) in [5.74, 6) is 1.64. The summed E-state index contributed by atoms with van der Waals surface area (Å²) in [4.78, 5) is 0. The van der Waals surface area contributed by atoms with Crippen molar-refractivity contribution in [2.75, 3.05) is 11.5 Å². The number of nitrogen functional groups attached to an aromatic ring is 2. The standard InChI is InChI=1S/C29H30N2O2/c1-2-27(28(21-13-17-23(30)18-14-21)32-25-9-5-3-6-10-25)29(22-15-19-24(31)20-16-22)33-26-11-7-4-8-12-26/h3-20,27-29H,2,30-31H2,1H3. The van der Waals surface area contributed by atoms with Crippen molar-refractivity contribution in [1.82, 2.24) is 0 Å². The summed E-state index contributed by atoms with van der Waals surface area (Å²) in [5.41, 5.74) is 15.5. The van der Waals surface area contributed by atoms with Crippen molar-refractivity contribution in [3.8, 4) is 11.5 Å². The Hall–Kier alpha value is -3.92. The molecule has 0 aliphatic heterocycles. The number of rotatable bonds is 9. The Balaban J connectivity index is 1.77. The molecule has 0 amide bonds. The van der Waals surface area contributed by atoms with Crippen molar-refractivity contribution in [2.45, 2.75) is 25.6 Å². The summed E-state index contributed by atoms with van der Waals surface area (Å²) in [7, 11) is 0. The van der Waals surface area contributed by atoms with Crippen LogP contribution in [-0.2, 0) is 0 Å². The van der Waals surface area contributed by atoms with E-state index in [1.165, 1.54) is 0 Å². The van der Waals surface area contributed by atoms with Crippen LogP contribution in [0.3, 0.4) is 0 Å². The zero-order chi connectivity index (χ0) is 23.0. The normalized spacial score (nSPS) is 13.6. The fourth-order valence-electron chi connectivity index (χ4n) is 4.05. The summed E-state index contributed by atoms with van der Waals surface area (Å²) in [5, 5.41) is 0. The fourth-order valence-corrected chi connectivity index (χ4v) is 4.05. The van der Waals surface area contributed by atoms with Gasteiger partial charge < -0.3 is 20.9 Å². The second kappa shape index (κ2) is 10.6. The van der Waals surface area contributed by atoms with Gasteiger partial charge in [-0.15, -0.1) is 0 Å². The van der Waals surface area contributed by atoms with Gasteiger partial charge in [-0.2, -0.15) is 0 Å². The Bertz CT molecular complexity index is 1020. The van der Waals surface area contributed by atoms with Crippen LogP contribution in [0.1, 0.15) is 36.7 Å². The van der Waals surface area contributed by atoms with Crippen LogP contribution in [-0.4, -0.2) is 0 Å². The number of hydrogen-bond donors (Lipinski definition) is 2. The van der Waals surface area contributed by atoms with E-state index in [2.05, 4.69) is 6.92 Å². The summed E-state index contributed by atoms with van der Waals surface area (Å²) < 4.78 is 13.2. The zero-order valence-corrected chi connectivity index (χ0v) is 18.8. The van der Waals surface area contributed by atoms with E-state index in [-0.39, 0.29) is 18.1 Å². The first-order valence-corrected chi connectivity index (χ1v) is 11.3. The predicted octanol–water partition coefficient (Wildman–Crippen LogP) is 6.82. The first kappa shape index (κ1) is 22.3. The van der Waals surface area contributed by atoms with Crippen LogP contribution >= 0.6 is 0 Å². The Morgan fingerprint density at radius 1 is 0.545 bits per heavy atom. The molecule has 0 fully saturated rings. The lowest BCUT2D eigenvalue weighted by molar-refractivity contribution is 0.0358. The monoisotopic (exact) mass is 438 g/mol. The van der Waals surface area contributed by atoms with Crippen LogP contribution in [0.15, 0.2) is 109 Å². The van der Waals surface area contributed by atoms with E-state index in [0.717, 1.165) is 40.4 Å². The van der Waals surface area contributed by atoms with Crippen molar-refractivity contribution in [1.29, 1.82) is 0 Å². The maximum Gasteiger partial charge on any atom is 0.130 e. The molecule has 0 spiro atoms. The van der Waals surface area contributed by atoms with Crippen molar-refractivity contribution >= 4 is 11.4 Å². The number of anilines is 2. The van der Waals surface area contributed by atoms with Crippen molar-refractivity contribution < 1.29 is 9.47 Å². The van der Waals surface area contributed by atoms with Gasteiger partial charge in [-0.3, -0.25) is 0 Å². The van der Waals surface area contributed by atoms with Gasteiger partial charge in [0.05, 0.1) is 0 Å². The third-order valence-corrected chi connectivity index (χ3v) is 5.79. The fraction of sp³-hybridized carbons (Fsp3) is 0.172. The molecule has 4 aromatic rings. The van der Waals surface area contributed by atoms with E-state index in [0.29, 0.717) is 0 Å². The van der Waals surface area contributed by atoms with E-state index < -0.39 is 0 Å². The van der Waals surface area contributed by atoms with Crippen molar-refractivity contribution in [3.63, 3.8) is 0 Å². The highest BCUT2D eigenvalue weighted by atomic mass is 16.5. The van der Waals surface area contributed by atoms with Gasteiger partial charge in [0.15, 0.2) is 0 Å². The lowest BCUT2D eigenvalue weighted by atomic mass is 9.84. The van der Waals surface area contributed by atoms with E-state index in [1.54, 1.807) is 0 Å². The van der Waals surface area contributed by atoms with Gasteiger partial charge in [0, 0.05) is 17.3 Å². The van der Waals surface area contributed by atoms with Gasteiger partial charge in [0.2, 0.25) is 0 Å². The second-order valence-corrected chi connectivity index (χ2v) is 8.11. The molecule has 0 aliphatic rings. The zero-order valence-electron chi connectivity index (χ0n) is 18.8. The number of para-hydroxylation sites is 2. The summed E-state index contributed by atoms with van der Waals surface area (Å²) in [6.07, 6.45) is 0.345. The first-order valence-electron chi connectivity index (χ1n) is 11.3. The lowest BCUT2D eigenvalue weighted by Crippen LogP contribution is -2.28. The lowest BCUT2D eigenvalue weighted by Gasteiger charge is -2.34. The Labute approximate surface area is 195 Å². The number of hydrogen-bond acceptors (Lipinski definition) is 4. The molecule has 4 aromatic carbocycles. The SMILES string of the molecule is CCC(C(Oc1ccccc1)c1ccc(N)cc1)C(Oc1ccccc1)c1ccc(N)cc1. The molecule has 33 heavy (non-hydrogen) atoms. The predicted molar refractivity (Wildman–Crippen MR) is 135 cm³/mol. The summed E-state index contributed by atoms with van der Waals surface area (Å²) >= 11 is 0. The molecule has 0 aromatic heterocycles. The number of ether oxygens (including phenoxy) is 2. The molecule has 0 saturated heterocycles. The van der Waals surface area contributed by atoms with E-state index in [9.17, 15) is 0 Å². The van der Waals surface area contributed by atoms with E-state index in [1.807, 2.05) is 109 Å². The molecule has 2 atom stereocenters. The largest absolute Gasteiger partial charge is 0.485 e. The maximum absolute atomic E-state index is 6.61. The third-order valence-electron chi connectivity index (χ3n) is 5.79. The topological polar surface area (TPSA) is 70.5 Å². The van der Waals surface area contributed by atoms with Crippen LogP contribution in [0.4, 0.5) is 11.4 Å². The summed E-state index contributed by atoms with van der Waals surface area (Å²) in [6, 6.07) is 35.6. The average molecular weight is 439 g/mol. The Morgan fingerprint density at radius 2 is 0.909 bits per heavy atom. The molecule has 4 heteroatoms. The minimum absolute atomic E-state index is 0.0117. The highest BCUT2D eigenvalue weighted by Crippen LogP contribution is 2.41. The van der Waals surface area contributed by atoms with Crippen molar-refractivity contribution in [3.05, 3.63) is 120 Å². The van der Waals surface area contributed by atoms with Crippen LogP contribution in [0.5, 0.6) is 11.5 Å². The Kier molecular flexibility index (Phi) is 7.16. The minimum atomic E-state index is -0.246. The van der Waals surface area contributed by atoms with Gasteiger partial charge in [-0.05, 0) is 66.1 Å². The third kappa shape index (κ3) is 5.66.